The number of esters is 1. The summed E-state index contributed by atoms with van der Waals surface area (Å²) in [6, 6.07) is 13.6. The SMILES string of the molecule is CC(C)CCOc1ccc(C(=O)OCn2nnc3ccccc3c2=O)cc1. The van der Waals surface area contributed by atoms with Gasteiger partial charge in [0.15, 0.2) is 6.73 Å². The highest BCUT2D eigenvalue weighted by atomic mass is 16.5. The van der Waals surface area contributed by atoms with Crippen LogP contribution in [0.2, 0.25) is 0 Å². The molecule has 0 saturated heterocycles. The van der Waals surface area contributed by atoms with E-state index < -0.39 is 5.97 Å². The average Bonchev–Trinajstić information content (AvgIpc) is 2.68. The first kappa shape index (κ1) is 18.6. The van der Waals surface area contributed by atoms with Gasteiger partial charge in [-0.25, -0.2) is 4.79 Å². The van der Waals surface area contributed by atoms with Gasteiger partial charge in [-0.15, -0.1) is 5.10 Å². The summed E-state index contributed by atoms with van der Waals surface area (Å²) in [5.41, 5.74) is 0.508. The Balaban J connectivity index is 1.61. The van der Waals surface area contributed by atoms with Crippen LogP contribution < -0.4 is 10.3 Å². The third-order valence-corrected chi connectivity index (χ3v) is 4.00. The zero-order valence-corrected chi connectivity index (χ0v) is 15.3. The largest absolute Gasteiger partial charge is 0.494 e. The van der Waals surface area contributed by atoms with E-state index in [-0.39, 0.29) is 12.3 Å². The maximum Gasteiger partial charge on any atom is 0.339 e. The van der Waals surface area contributed by atoms with Crippen molar-refractivity contribution in [3.63, 3.8) is 0 Å². The van der Waals surface area contributed by atoms with Crippen molar-refractivity contribution >= 4 is 16.9 Å². The molecular weight excluding hydrogens is 346 g/mol. The first-order valence-electron chi connectivity index (χ1n) is 8.77. The molecule has 0 fully saturated rings. The molecule has 7 heteroatoms. The second-order valence-corrected chi connectivity index (χ2v) is 6.53. The summed E-state index contributed by atoms with van der Waals surface area (Å²) in [7, 11) is 0. The molecule has 2 aromatic carbocycles. The number of benzene rings is 2. The van der Waals surface area contributed by atoms with Gasteiger partial charge in [0.05, 0.1) is 17.6 Å². The molecule has 3 aromatic rings. The van der Waals surface area contributed by atoms with E-state index in [9.17, 15) is 9.59 Å². The predicted molar refractivity (Wildman–Crippen MR) is 101 cm³/mol. The molecule has 0 radical (unpaired) electrons. The van der Waals surface area contributed by atoms with Crippen molar-refractivity contribution in [1.82, 2.24) is 15.0 Å². The van der Waals surface area contributed by atoms with Crippen molar-refractivity contribution < 1.29 is 14.3 Å². The van der Waals surface area contributed by atoms with E-state index in [1.165, 1.54) is 0 Å². The molecule has 0 spiro atoms. The first-order chi connectivity index (χ1) is 13.0. The van der Waals surface area contributed by atoms with Gasteiger partial charge in [-0.05, 0) is 48.7 Å². The van der Waals surface area contributed by atoms with Gasteiger partial charge in [-0.1, -0.05) is 31.2 Å². The summed E-state index contributed by atoms with van der Waals surface area (Å²) in [4.78, 5) is 24.5. The standard InChI is InChI=1S/C20H21N3O4/c1-14(2)11-12-26-16-9-7-15(8-10-16)20(25)27-13-23-19(24)17-5-3-4-6-18(17)21-22-23/h3-10,14H,11-13H2,1-2H3. The quantitative estimate of drug-likeness (QED) is 0.597. The maximum absolute atomic E-state index is 12.3. The van der Waals surface area contributed by atoms with E-state index in [1.54, 1.807) is 48.5 Å². The lowest BCUT2D eigenvalue weighted by Gasteiger charge is -2.09. The Morgan fingerprint density at radius 3 is 2.59 bits per heavy atom. The number of fused-ring (bicyclic) bond motifs is 1. The Morgan fingerprint density at radius 2 is 1.85 bits per heavy atom. The topological polar surface area (TPSA) is 83.3 Å². The highest BCUT2D eigenvalue weighted by molar-refractivity contribution is 5.89. The maximum atomic E-state index is 12.3. The van der Waals surface area contributed by atoms with Crippen molar-refractivity contribution in [3.8, 4) is 5.75 Å². The van der Waals surface area contributed by atoms with Gasteiger partial charge in [0.2, 0.25) is 0 Å². The van der Waals surface area contributed by atoms with Crippen molar-refractivity contribution in [2.75, 3.05) is 6.61 Å². The summed E-state index contributed by atoms with van der Waals surface area (Å²) >= 11 is 0. The van der Waals surface area contributed by atoms with Gasteiger partial charge in [0.1, 0.15) is 11.3 Å². The molecule has 1 heterocycles. The van der Waals surface area contributed by atoms with Crippen molar-refractivity contribution in [3.05, 3.63) is 64.4 Å². The van der Waals surface area contributed by atoms with Gasteiger partial charge in [0, 0.05) is 0 Å². The first-order valence-corrected chi connectivity index (χ1v) is 8.77. The summed E-state index contributed by atoms with van der Waals surface area (Å²) in [5.74, 6) is 0.718. The smallest absolute Gasteiger partial charge is 0.339 e. The minimum Gasteiger partial charge on any atom is -0.494 e. The zero-order valence-electron chi connectivity index (χ0n) is 15.3. The molecule has 0 aliphatic carbocycles. The molecule has 140 valence electrons. The Morgan fingerprint density at radius 1 is 1.11 bits per heavy atom. The molecule has 0 aliphatic rings. The summed E-state index contributed by atoms with van der Waals surface area (Å²) in [5, 5.41) is 8.16. The van der Waals surface area contributed by atoms with Gasteiger partial charge < -0.3 is 9.47 Å². The van der Waals surface area contributed by atoms with Crippen LogP contribution in [-0.2, 0) is 11.5 Å². The lowest BCUT2D eigenvalue weighted by atomic mass is 10.1. The lowest BCUT2D eigenvalue weighted by molar-refractivity contribution is 0.0336. The fourth-order valence-electron chi connectivity index (χ4n) is 2.41. The number of ether oxygens (including phenoxy) is 2. The highest BCUT2D eigenvalue weighted by Gasteiger charge is 2.10. The molecule has 0 atom stereocenters. The van der Waals surface area contributed by atoms with Crippen LogP contribution in [0.1, 0.15) is 30.6 Å². The van der Waals surface area contributed by atoms with Gasteiger partial charge in [-0.3, -0.25) is 4.79 Å². The molecule has 0 saturated carbocycles. The molecule has 0 aliphatic heterocycles. The predicted octanol–water partition coefficient (Wildman–Crippen LogP) is 3.03. The number of aromatic nitrogens is 3. The lowest BCUT2D eigenvalue weighted by Crippen LogP contribution is -2.26. The highest BCUT2D eigenvalue weighted by Crippen LogP contribution is 2.14. The zero-order chi connectivity index (χ0) is 19.2. The van der Waals surface area contributed by atoms with Crippen molar-refractivity contribution in [2.45, 2.75) is 27.0 Å². The normalized spacial score (nSPS) is 10.9. The molecule has 0 bridgehead atoms. The van der Waals surface area contributed by atoms with Crippen LogP contribution in [0.15, 0.2) is 53.3 Å². The van der Waals surface area contributed by atoms with E-state index in [0.29, 0.717) is 34.7 Å². The number of hydrogen-bond acceptors (Lipinski definition) is 6. The second-order valence-electron chi connectivity index (χ2n) is 6.53. The minimum absolute atomic E-state index is 0.303. The third kappa shape index (κ3) is 4.69. The van der Waals surface area contributed by atoms with Crippen LogP contribution in [0.5, 0.6) is 5.75 Å². The molecule has 3 rings (SSSR count). The van der Waals surface area contributed by atoms with Crippen LogP contribution in [-0.4, -0.2) is 27.6 Å². The third-order valence-electron chi connectivity index (χ3n) is 4.00. The Kier molecular flexibility index (Phi) is 5.80. The van der Waals surface area contributed by atoms with Crippen LogP contribution in [0.4, 0.5) is 0 Å². The van der Waals surface area contributed by atoms with E-state index in [1.807, 2.05) is 0 Å². The van der Waals surface area contributed by atoms with Crippen LogP contribution >= 0.6 is 0 Å². The molecule has 0 unspecified atom stereocenters. The Bertz CT molecular complexity index is 980. The molecule has 7 nitrogen and oxygen atoms in total. The van der Waals surface area contributed by atoms with Gasteiger partial charge in [0.25, 0.3) is 5.56 Å². The van der Waals surface area contributed by atoms with Crippen LogP contribution in [0.25, 0.3) is 10.9 Å². The molecular formula is C20H21N3O4. The Hall–Kier alpha value is -3.22. The second kappa shape index (κ2) is 8.44. The van der Waals surface area contributed by atoms with Crippen LogP contribution in [0.3, 0.4) is 0 Å². The van der Waals surface area contributed by atoms with E-state index in [0.717, 1.165) is 11.1 Å². The van der Waals surface area contributed by atoms with Crippen molar-refractivity contribution in [1.29, 1.82) is 0 Å². The summed E-state index contributed by atoms with van der Waals surface area (Å²) in [6.45, 7) is 4.59. The minimum atomic E-state index is -0.550. The number of rotatable bonds is 7. The van der Waals surface area contributed by atoms with Gasteiger partial charge >= 0.3 is 5.97 Å². The molecule has 1 aromatic heterocycles. The fourth-order valence-corrected chi connectivity index (χ4v) is 2.41. The van der Waals surface area contributed by atoms with E-state index >= 15 is 0 Å². The van der Waals surface area contributed by atoms with Crippen LogP contribution in [0, 0.1) is 5.92 Å². The Labute approximate surface area is 156 Å². The fraction of sp³-hybridized carbons (Fsp3) is 0.300. The molecule has 0 amide bonds. The van der Waals surface area contributed by atoms with Gasteiger partial charge in [-0.2, -0.15) is 4.68 Å². The number of nitrogens with zero attached hydrogens (tertiary/aromatic N) is 3. The van der Waals surface area contributed by atoms with Crippen molar-refractivity contribution in [2.24, 2.45) is 5.92 Å². The summed E-state index contributed by atoms with van der Waals surface area (Å²) < 4.78 is 11.8. The monoisotopic (exact) mass is 367 g/mol. The van der Waals surface area contributed by atoms with E-state index in [4.69, 9.17) is 9.47 Å². The number of hydrogen-bond donors (Lipinski definition) is 0. The van der Waals surface area contributed by atoms with E-state index in [2.05, 4.69) is 24.2 Å². The molecule has 27 heavy (non-hydrogen) atoms. The summed E-state index contributed by atoms with van der Waals surface area (Å²) in [6.07, 6.45) is 0.964. The molecule has 0 N–H and O–H groups in total. The average molecular weight is 367 g/mol. The number of carbonyl (C=O) groups is 1. The number of carbonyl (C=O) groups excluding carboxylic acids is 1.